The van der Waals surface area contributed by atoms with Gasteiger partial charge in [0.1, 0.15) is 23.1 Å². The summed E-state index contributed by atoms with van der Waals surface area (Å²) in [5.74, 6) is 0.891. The number of hydrogen-bond donors (Lipinski definition) is 2. The summed E-state index contributed by atoms with van der Waals surface area (Å²) in [5, 5.41) is 11.1. The molecule has 0 radical (unpaired) electrons. The lowest BCUT2D eigenvalue weighted by molar-refractivity contribution is 0.0953. The number of rotatable bonds is 10. The lowest BCUT2D eigenvalue weighted by Crippen LogP contribution is -2.25. The molecule has 0 saturated carbocycles. The molecule has 0 unspecified atom stereocenters. The predicted octanol–water partition coefficient (Wildman–Crippen LogP) is 5.98. The highest BCUT2D eigenvalue weighted by Gasteiger charge is 2.15. The van der Waals surface area contributed by atoms with E-state index in [1.54, 1.807) is 13.3 Å². The second kappa shape index (κ2) is 12.0. The molecule has 0 spiro atoms. The van der Waals surface area contributed by atoms with Crippen LogP contribution in [0.1, 0.15) is 16.8 Å². The van der Waals surface area contributed by atoms with Gasteiger partial charge in [-0.2, -0.15) is 5.10 Å². The Labute approximate surface area is 226 Å². The largest absolute Gasteiger partial charge is 0.497 e. The van der Waals surface area contributed by atoms with Crippen molar-refractivity contribution in [2.45, 2.75) is 6.42 Å². The molecule has 196 valence electrons. The molecule has 2 heterocycles. The lowest BCUT2D eigenvalue weighted by Gasteiger charge is -2.09. The Morgan fingerprint density at radius 3 is 2.54 bits per heavy atom. The van der Waals surface area contributed by atoms with E-state index in [1.807, 2.05) is 77.6 Å². The number of hydrogen-bond acceptors (Lipinski definition) is 5. The van der Waals surface area contributed by atoms with Gasteiger partial charge < -0.3 is 15.4 Å². The minimum Gasteiger partial charge on any atom is -0.497 e. The van der Waals surface area contributed by atoms with E-state index < -0.39 is 0 Å². The molecule has 5 rings (SSSR count). The van der Waals surface area contributed by atoms with Crippen LogP contribution in [0.5, 0.6) is 5.75 Å². The molecule has 0 aliphatic carbocycles. The molecule has 0 bridgehead atoms. The molecule has 7 nitrogen and oxygen atoms in total. The van der Waals surface area contributed by atoms with Gasteiger partial charge >= 0.3 is 0 Å². The summed E-state index contributed by atoms with van der Waals surface area (Å²) in [6.45, 7) is 1.10. The topological polar surface area (TPSA) is 81.1 Å². The first-order valence-corrected chi connectivity index (χ1v) is 12.6. The van der Waals surface area contributed by atoms with Gasteiger partial charge in [-0.05, 0) is 72.6 Å². The van der Waals surface area contributed by atoms with E-state index in [-0.39, 0.29) is 11.7 Å². The Hall–Kier alpha value is -4.98. The Morgan fingerprint density at radius 2 is 1.74 bits per heavy atom. The molecule has 0 aliphatic rings. The molecule has 0 aliphatic heterocycles. The molecule has 0 atom stereocenters. The zero-order valence-electron chi connectivity index (χ0n) is 21.5. The number of aromatic nitrogens is 3. The number of anilines is 1. The smallest absolute Gasteiger partial charge is 0.251 e. The van der Waals surface area contributed by atoms with E-state index in [0.717, 1.165) is 39.6 Å². The first-order chi connectivity index (χ1) is 19.1. The van der Waals surface area contributed by atoms with Crippen molar-refractivity contribution in [1.29, 1.82) is 0 Å². The van der Waals surface area contributed by atoms with E-state index >= 15 is 0 Å². The lowest BCUT2D eigenvalue weighted by atomic mass is 10.0. The highest BCUT2D eigenvalue weighted by atomic mass is 19.1. The third-order valence-electron chi connectivity index (χ3n) is 6.20. The van der Waals surface area contributed by atoms with Gasteiger partial charge in [-0.3, -0.25) is 4.79 Å². The highest BCUT2D eigenvalue weighted by Crippen LogP contribution is 2.34. The van der Waals surface area contributed by atoms with Crippen LogP contribution in [0.25, 0.3) is 28.1 Å². The number of pyridine rings is 1. The minimum absolute atomic E-state index is 0.226. The van der Waals surface area contributed by atoms with Crippen molar-refractivity contribution in [1.82, 2.24) is 20.1 Å². The number of nitrogens with one attached hydrogen (secondary N) is 2. The van der Waals surface area contributed by atoms with Crippen molar-refractivity contribution in [2.24, 2.45) is 0 Å². The summed E-state index contributed by atoms with van der Waals surface area (Å²) in [5.41, 5.74) is 5.10. The summed E-state index contributed by atoms with van der Waals surface area (Å²) in [4.78, 5) is 16.7. The standard InChI is InChI=1S/C31H28FN5O2/c1-39-27-10-5-7-24(19-27)30-28(21-37(36-30)26-8-3-2-4-9-26)23-15-18-34-29(20-23)33-16-6-17-35-31(38)22-11-13-25(32)14-12-22/h2-5,7-15,18-21H,6,16-17H2,1H3,(H,33,34)(H,35,38). The van der Waals surface area contributed by atoms with Crippen molar-refractivity contribution in [2.75, 3.05) is 25.5 Å². The van der Waals surface area contributed by atoms with Crippen molar-refractivity contribution in [3.05, 3.63) is 115 Å². The molecule has 3 aromatic carbocycles. The third kappa shape index (κ3) is 6.30. The maximum atomic E-state index is 13.1. The maximum Gasteiger partial charge on any atom is 0.251 e. The van der Waals surface area contributed by atoms with E-state index in [2.05, 4.69) is 15.6 Å². The van der Waals surface area contributed by atoms with Gasteiger partial charge in [-0.1, -0.05) is 30.3 Å². The second-order valence-electron chi connectivity index (χ2n) is 8.88. The number of halogens is 1. The summed E-state index contributed by atoms with van der Waals surface area (Å²) in [6, 6.07) is 27.3. The SMILES string of the molecule is COc1cccc(-c2nn(-c3ccccc3)cc2-c2ccnc(NCCCNC(=O)c3ccc(F)cc3)c2)c1. The van der Waals surface area contributed by atoms with Crippen molar-refractivity contribution in [3.63, 3.8) is 0 Å². The number of para-hydroxylation sites is 1. The quantitative estimate of drug-likeness (QED) is 0.221. The molecule has 2 aromatic heterocycles. The van der Waals surface area contributed by atoms with Gasteiger partial charge in [0.25, 0.3) is 5.91 Å². The fraction of sp³-hybridized carbons (Fsp3) is 0.129. The number of amides is 1. The molecule has 0 saturated heterocycles. The van der Waals surface area contributed by atoms with Crippen LogP contribution in [0.4, 0.5) is 10.2 Å². The molecule has 39 heavy (non-hydrogen) atoms. The van der Waals surface area contributed by atoms with Crippen molar-refractivity contribution in [3.8, 4) is 33.8 Å². The normalized spacial score (nSPS) is 10.7. The van der Waals surface area contributed by atoms with Gasteiger partial charge in [0, 0.05) is 42.2 Å². The van der Waals surface area contributed by atoms with E-state index in [1.165, 1.54) is 24.3 Å². The van der Waals surface area contributed by atoms with Crippen LogP contribution in [-0.4, -0.2) is 40.9 Å². The maximum absolute atomic E-state index is 13.1. The number of benzene rings is 3. The van der Waals surface area contributed by atoms with Crippen LogP contribution in [-0.2, 0) is 0 Å². The average Bonchev–Trinajstić information content (AvgIpc) is 3.44. The summed E-state index contributed by atoms with van der Waals surface area (Å²) in [6.07, 6.45) is 4.48. The average molecular weight is 522 g/mol. The molecule has 8 heteroatoms. The summed E-state index contributed by atoms with van der Waals surface area (Å²) in [7, 11) is 1.65. The number of carbonyl (C=O) groups is 1. The summed E-state index contributed by atoms with van der Waals surface area (Å²) < 4.78 is 20.4. The van der Waals surface area contributed by atoms with Crippen LogP contribution < -0.4 is 15.4 Å². The molecule has 2 N–H and O–H groups in total. The van der Waals surface area contributed by atoms with E-state index in [4.69, 9.17) is 9.84 Å². The fourth-order valence-electron chi connectivity index (χ4n) is 4.19. The fourth-order valence-corrected chi connectivity index (χ4v) is 4.19. The zero-order chi connectivity index (χ0) is 27.0. The third-order valence-corrected chi connectivity index (χ3v) is 6.20. The van der Waals surface area contributed by atoms with Crippen molar-refractivity contribution >= 4 is 11.7 Å². The van der Waals surface area contributed by atoms with Crippen LogP contribution in [0.3, 0.4) is 0 Å². The molecular formula is C31H28FN5O2. The van der Waals surface area contributed by atoms with Gasteiger partial charge in [-0.15, -0.1) is 0 Å². The molecular weight excluding hydrogens is 493 g/mol. The Morgan fingerprint density at radius 1 is 0.923 bits per heavy atom. The van der Waals surface area contributed by atoms with Crippen molar-refractivity contribution < 1.29 is 13.9 Å². The Kier molecular flexibility index (Phi) is 7.92. The molecule has 0 fully saturated rings. The van der Waals surface area contributed by atoms with Gasteiger partial charge in [0.15, 0.2) is 0 Å². The van der Waals surface area contributed by atoms with Gasteiger partial charge in [0.2, 0.25) is 0 Å². The van der Waals surface area contributed by atoms with Crippen LogP contribution >= 0.6 is 0 Å². The summed E-state index contributed by atoms with van der Waals surface area (Å²) >= 11 is 0. The first-order valence-electron chi connectivity index (χ1n) is 12.6. The predicted molar refractivity (Wildman–Crippen MR) is 151 cm³/mol. The Balaban J connectivity index is 1.30. The zero-order valence-corrected chi connectivity index (χ0v) is 21.5. The molecule has 1 amide bonds. The number of nitrogens with zero attached hydrogens (tertiary/aromatic N) is 3. The van der Waals surface area contributed by atoms with Crippen LogP contribution in [0.2, 0.25) is 0 Å². The van der Waals surface area contributed by atoms with Crippen LogP contribution in [0, 0.1) is 5.82 Å². The Bertz CT molecular complexity index is 1550. The number of ether oxygens (including phenoxy) is 1. The van der Waals surface area contributed by atoms with Crippen LogP contribution in [0.15, 0.2) is 103 Å². The highest BCUT2D eigenvalue weighted by molar-refractivity contribution is 5.94. The minimum atomic E-state index is -0.367. The number of methoxy groups -OCH3 is 1. The molecule has 5 aromatic rings. The monoisotopic (exact) mass is 521 g/mol. The van der Waals surface area contributed by atoms with E-state index in [0.29, 0.717) is 25.1 Å². The first kappa shape index (κ1) is 25.7. The second-order valence-corrected chi connectivity index (χ2v) is 8.88. The van der Waals surface area contributed by atoms with Gasteiger partial charge in [0.05, 0.1) is 12.8 Å². The number of carbonyl (C=O) groups excluding carboxylic acids is 1. The van der Waals surface area contributed by atoms with Gasteiger partial charge in [-0.25, -0.2) is 14.1 Å². The van der Waals surface area contributed by atoms with E-state index in [9.17, 15) is 9.18 Å².